The molecule has 1 fully saturated rings. The van der Waals surface area contributed by atoms with Gasteiger partial charge in [0, 0.05) is 49.3 Å². The first-order valence-corrected chi connectivity index (χ1v) is 11.8. The van der Waals surface area contributed by atoms with Crippen LogP contribution >= 0.6 is 0 Å². The molecule has 0 aliphatic carbocycles. The molecule has 0 bridgehead atoms. The summed E-state index contributed by atoms with van der Waals surface area (Å²) in [6, 6.07) is 9.20. The standard InChI is InChI=1S/C25H28FN7O3/c1-15-19(13-29-25-22(15)28-14-20(26)36-25)31-18-7-8-27-23(34)21(18)24(35)30-16-3-5-17(6-4-16)33-11-9-32(2)10-12-33/h3-8,13,20,28H,9-12,14H2,1-2H3,(H,30,35)(H2,27,31,34). The first-order chi connectivity index (χ1) is 17.4. The Morgan fingerprint density at radius 2 is 1.89 bits per heavy atom. The molecule has 0 spiro atoms. The van der Waals surface area contributed by atoms with Gasteiger partial charge < -0.3 is 35.5 Å². The van der Waals surface area contributed by atoms with Gasteiger partial charge in [-0.3, -0.25) is 9.59 Å². The summed E-state index contributed by atoms with van der Waals surface area (Å²) in [6.07, 6.45) is 1.47. The number of ether oxygens (including phenoxy) is 1. The maximum Gasteiger partial charge on any atom is 0.263 e. The number of aromatic nitrogens is 2. The van der Waals surface area contributed by atoms with Gasteiger partial charge in [-0.1, -0.05) is 0 Å². The Morgan fingerprint density at radius 3 is 2.64 bits per heavy atom. The molecule has 36 heavy (non-hydrogen) atoms. The molecule has 2 aromatic heterocycles. The number of fused-ring (bicyclic) bond motifs is 1. The molecule has 11 heteroatoms. The minimum Gasteiger partial charge on any atom is -0.440 e. The van der Waals surface area contributed by atoms with E-state index < -0.39 is 17.8 Å². The van der Waals surface area contributed by atoms with Gasteiger partial charge in [-0.05, 0) is 44.3 Å². The average molecular weight is 494 g/mol. The molecule has 3 aromatic rings. The van der Waals surface area contributed by atoms with Crippen molar-refractivity contribution in [3.8, 4) is 5.88 Å². The number of piperazine rings is 1. The molecule has 10 nitrogen and oxygen atoms in total. The minimum atomic E-state index is -1.47. The van der Waals surface area contributed by atoms with Crippen LogP contribution in [-0.4, -0.2) is 66.9 Å². The number of hydrogen-bond donors (Lipinski definition) is 4. The number of benzene rings is 1. The molecule has 0 saturated carbocycles. The molecule has 188 valence electrons. The van der Waals surface area contributed by atoms with Crippen molar-refractivity contribution >= 4 is 34.3 Å². The van der Waals surface area contributed by atoms with Crippen molar-refractivity contribution in [2.24, 2.45) is 0 Å². The van der Waals surface area contributed by atoms with Crippen LogP contribution in [-0.2, 0) is 0 Å². The summed E-state index contributed by atoms with van der Waals surface area (Å²) < 4.78 is 18.6. The van der Waals surface area contributed by atoms with Crippen molar-refractivity contribution in [3.63, 3.8) is 0 Å². The fourth-order valence-corrected chi connectivity index (χ4v) is 4.32. The highest BCUT2D eigenvalue weighted by atomic mass is 19.1. The van der Waals surface area contributed by atoms with E-state index in [1.165, 1.54) is 12.4 Å². The number of nitrogens with one attached hydrogen (secondary N) is 4. The molecule has 1 saturated heterocycles. The van der Waals surface area contributed by atoms with Crippen molar-refractivity contribution in [3.05, 3.63) is 64.2 Å². The number of hydrogen-bond acceptors (Lipinski definition) is 8. The molecule has 4 N–H and O–H groups in total. The number of H-pyrrole nitrogens is 1. The average Bonchev–Trinajstić information content (AvgIpc) is 2.87. The normalized spacial score (nSPS) is 17.5. The van der Waals surface area contributed by atoms with Crippen molar-refractivity contribution < 1.29 is 13.9 Å². The zero-order valence-corrected chi connectivity index (χ0v) is 20.1. The third-order valence-electron chi connectivity index (χ3n) is 6.43. The van der Waals surface area contributed by atoms with E-state index in [2.05, 4.69) is 42.8 Å². The van der Waals surface area contributed by atoms with Gasteiger partial charge in [-0.25, -0.2) is 4.98 Å². The Bertz CT molecular complexity index is 1320. The summed E-state index contributed by atoms with van der Waals surface area (Å²) in [5.41, 5.74) is 3.23. The number of carbonyl (C=O) groups is 1. The molecule has 1 unspecified atom stereocenters. The van der Waals surface area contributed by atoms with Gasteiger partial charge in [0.15, 0.2) is 0 Å². The summed E-state index contributed by atoms with van der Waals surface area (Å²) in [4.78, 5) is 37.1. The number of anilines is 5. The topological polar surface area (TPSA) is 115 Å². The second-order valence-corrected chi connectivity index (χ2v) is 8.90. The van der Waals surface area contributed by atoms with Crippen LogP contribution < -0.4 is 31.1 Å². The number of amides is 1. The van der Waals surface area contributed by atoms with Crippen LogP contribution in [0, 0.1) is 6.92 Å². The fraction of sp³-hybridized carbons (Fsp3) is 0.320. The van der Waals surface area contributed by atoms with Crippen molar-refractivity contribution in [1.29, 1.82) is 0 Å². The highest BCUT2D eigenvalue weighted by Crippen LogP contribution is 2.35. The van der Waals surface area contributed by atoms with Crippen LogP contribution in [0.15, 0.2) is 47.5 Å². The molecular weight excluding hydrogens is 465 g/mol. The number of likely N-dealkylation sites (N-methyl/N-ethyl adjacent to an activating group) is 1. The highest BCUT2D eigenvalue weighted by Gasteiger charge is 2.24. The summed E-state index contributed by atoms with van der Waals surface area (Å²) in [6.45, 7) is 5.72. The molecule has 5 rings (SSSR count). The Balaban J connectivity index is 1.34. The monoisotopic (exact) mass is 493 g/mol. The Morgan fingerprint density at radius 1 is 1.14 bits per heavy atom. The van der Waals surface area contributed by atoms with Crippen LogP contribution in [0.25, 0.3) is 0 Å². The number of rotatable bonds is 5. The summed E-state index contributed by atoms with van der Waals surface area (Å²) in [5.74, 6) is -0.377. The van der Waals surface area contributed by atoms with Gasteiger partial charge in [0.25, 0.3) is 17.8 Å². The third-order valence-corrected chi connectivity index (χ3v) is 6.43. The maximum atomic E-state index is 13.5. The number of aromatic amines is 1. The van der Waals surface area contributed by atoms with E-state index in [0.29, 0.717) is 22.7 Å². The highest BCUT2D eigenvalue weighted by molar-refractivity contribution is 6.08. The van der Waals surface area contributed by atoms with Gasteiger partial charge in [0.1, 0.15) is 11.3 Å². The number of alkyl halides is 1. The number of pyridine rings is 2. The third kappa shape index (κ3) is 4.82. The predicted octanol–water partition coefficient (Wildman–Crippen LogP) is 2.93. The van der Waals surface area contributed by atoms with Crippen LogP contribution in [0.2, 0.25) is 0 Å². The molecule has 1 atom stereocenters. The van der Waals surface area contributed by atoms with Crippen LogP contribution in [0.5, 0.6) is 5.88 Å². The fourth-order valence-electron chi connectivity index (χ4n) is 4.32. The zero-order valence-electron chi connectivity index (χ0n) is 20.1. The maximum absolute atomic E-state index is 13.5. The van der Waals surface area contributed by atoms with E-state index in [1.807, 2.05) is 31.2 Å². The number of carbonyl (C=O) groups excluding carboxylic acids is 1. The zero-order chi connectivity index (χ0) is 25.2. The summed E-state index contributed by atoms with van der Waals surface area (Å²) in [7, 11) is 2.11. The Kier molecular flexibility index (Phi) is 6.47. The molecule has 2 aliphatic heterocycles. The smallest absolute Gasteiger partial charge is 0.263 e. The lowest BCUT2D eigenvalue weighted by Gasteiger charge is -2.34. The van der Waals surface area contributed by atoms with E-state index in [9.17, 15) is 14.0 Å². The van der Waals surface area contributed by atoms with Crippen LogP contribution in [0.4, 0.5) is 32.8 Å². The van der Waals surface area contributed by atoms with Gasteiger partial charge >= 0.3 is 0 Å². The quantitative estimate of drug-likeness (QED) is 0.429. The van der Waals surface area contributed by atoms with E-state index >= 15 is 0 Å². The Labute approximate surface area is 207 Å². The first kappa shape index (κ1) is 23.6. The molecule has 1 amide bonds. The second kappa shape index (κ2) is 9.86. The summed E-state index contributed by atoms with van der Waals surface area (Å²) in [5, 5.41) is 8.90. The summed E-state index contributed by atoms with van der Waals surface area (Å²) >= 11 is 0. The number of halogens is 1. The molecular formula is C25H28FN7O3. The van der Waals surface area contributed by atoms with Gasteiger partial charge in [0.05, 0.1) is 24.1 Å². The van der Waals surface area contributed by atoms with E-state index in [-0.39, 0.29) is 18.0 Å². The molecule has 1 aromatic carbocycles. The van der Waals surface area contributed by atoms with E-state index in [1.54, 1.807) is 6.07 Å². The molecule has 0 radical (unpaired) electrons. The van der Waals surface area contributed by atoms with E-state index in [4.69, 9.17) is 4.74 Å². The van der Waals surface area contributed by atoms with E-state index in [0.717, 1.165) is 37.4 Å². The van der Waals surface area contributed by atoms with Crippen LogP contribution in [0.1, 0.15) is 15.9 Å². The van der Waals surface area contributed by atoms with Gasteiger partial charge in [-0.2, -0.15) is 4.39 Å². The first-order valence-electron chi connectivity index (χ1n) is 11.8. The molecule has 2 aliphatic rings. The molecule has 4 heterocycles. The SMILES string of the molecule is Cc1c(Nc2cc[nH]c(=O)c2C(=O)Nc2ccc(N3CCN(C)CC3)cc2)cnc2c1NCC(F)O2. The Hall–Kier alpha value is -4.12. The van der Waals surface area contributed by atoms with Gasteiger partial charge in [0.2, 0.25) is 5.88 Å². The van der Waals surface area contributed by atoms with Gasteiger partial charge in [-0.15, -0.1) is 0 Å². The lowest BCUT2D eigenvalue weighted by Crippen LogP contribution is -2.44. The lowest BCUT2D eigenvalue weighted by atomic mass is 10.1. The second-order valence-electron chi connectivity index (χ2n) is 8.90. The van der Waals surface area contributed by atoms with Crippen molar-refractivity contribution in [2.75, 3.05) is 60.6 Å². The lowest BCUT2D eigenvalue weighted by molar-refractivity contribution is 0.0688. The number of nitrogens with zero attached hydrogens (tertiary/aromatic N) is 3. The van der Waals surface area contributed by atoms with Crippen molar-refractivity contribution in [2.45, 2.75) is 13.3 Å². The largest absolute Gasteiger partial charge is 0.440 e. The van der Waals surface area contributed by atoms with Crippen molar-refractivity contribution in [1.82, 2.24) is 14.9 Å². The predicted molar refractivity (Wildman–Crippen MR) is 137 cm³/mol. The van der Waals surface area contributed by atoms with Crippen LogP contribution in [0.3, 0.4) is 0 Å². The minimum absolute atomic E-state index is 0.00519.